The highest BCUT2D eigenvalue weighted by Crippen LogP contribution is 2.43. The van der Waals surface area contributed by atoms with Gasteiger partial charge in [0.15, 0.2) is 5.43 Å². The summed E-state index contributed by atoms with van der Waals surface area (Å²) < 4.78 is 46.4. The number of rotatable bonds is 2. The van der Waals surface area contributed by atoms with Crippen LogP contribution in [0.5, 0.6) is 0 Å². The molecule has 0 bridgehead atoms. The molecule has 4 aromatic rings. The maximum Gasteiger partial charge on any atom is 0.416 e. The molecule has 5 rings (SSSR count). The van der Waals surface area contributed by atoms with Gasteiger partial charge < -0.3 is 4.42 Å². The summed E-state index contributed by atoms with van der Waals surface area (Å²) in [6, 6.07) is 15.3. The SMILES string of the molecule is CC(C)(C)c1ccc(C2c3c(oc4ccc(Cl)cc4c3=O)C(=O)N2c2cccc(C(F)(F)F)c2)cc1. The third-order valence-corrected chi connectivity index (χ3v) is 6.61. The van der Waals surface area contributed by atoms with Gasteiger partial charge in [-0.1, -0.05) is 62.7 Å². The van der Waals surface area contributed by atoms with Crippen LogP contribution in [0.4, 0.5) is 18.9 Å². The molecule has 1 amide bonds. The van der Waals surface area contributed by atoms with Crippen LogP contribution in [0.1, 0.15) is 59.6 Å². The molecule has 0 fully saturated rings. The van der Waals surface area contributed by atoms with Crippen LogP contribution in [0.25, 0.3) is 11.0 Å². The zero-order valence-corrected chi connectivity index (χ0v) is 20.4. The van der Waals surface area contributed by atoms with Gasteiger partial charge in [-0.15, -0.1) is 0 Å². The van der Waals surface area contributed by atoms with Crippen LogP contribution in [0.3, 0.4) is 0 Å². The fourth-order valence-electron chi connectivity index (χ4n) is 4.52. The van der Waals surface area contributed by atoms with Gasteiger partial charge in [0.1, 0.15) is 5.58 Å². The molecule has 0 N–H and O–H groups in total. The van der Waals surface area contributed by atoms with Crippen molar-refractivity contribution in [1.82, 2.24) is 0 Å². The highest BCUT2D eigenvalue weighted by Gasteiger charge is 2.44. The maximum absolute atomic E-state index is 13.7. The number of carbonyl (C=O) groups is 1. The quantitative estimate of drug-likeness (QED) is 0.280. The first-order valence-corrected chi connectivity index (χ1v) is 11.6. The van der Waals surface area contributed by atoms with Crippen molar-refractivity contribution in [1.29, 1.82) is 0 Å². The topological polar surface area (TPSA) is 50.5 Å². The first-order chi connectivity index (χ1) is 16.9. The minimum Gasteiger partial charge on any atom is -0.450 e. The predicted molar refractivity (Wildman–Crippen MR) is 133 cm³/mol. The van der Waals surface area contributed by atoms with Crippen molar-refractivity contribution in [3.05, 3.63) is 110 Å². The summed E-state index contributed by atoms with van der Waals surface area (Å²) in [5, 5.41) is 0.510. The van der Waals surface area contributed by atoms with Gasteiger partial charge in [-0.3, -0.25) is 14.5 Å². The van der Waals surface area contributed by atoms with Gasteiger partial charge in [0.2, 0.25) is 5.76 Å². The number of alkyl halides is 3. The number of halogens is 4. The van der Waals surface area contributed by atoms with Crippen LogP contribution in [-0.4, -0.2) is 5.91 Å². The van der Waals surface area contributed by atoms with E-state index in [2.05, 4.69) is 20.8 Å². The number of benzene rings is 3. The molecule has 4 nitrogen and oxygen atoms in total. The average Bonchev–Trinajstić information content (AvgIpc) is 3.11. The van der Waals surface area contributed by atoms with Crippen molar-refractivity contribution in [2.24, 2.45) is 0 Å². The van der Waals surface area contributed by atoms with E-state index in [0.717, 1.165) is 17.7 Å². The average molecular weight is 512 g/mol. The number of hydrogen-bond acceptors (Lipinski definition) is 3. The van der Waals surface area contributed by atoms with E-state index in [1.165, 1.54) is 35.2 Å². The summed E-state index contributed by atoms with van der Waals surface area (Å²) >= 11 is 6.10. The summed E-state index contributed by atoms with van der Waals surface area (Å²) in [7, 11) is 0. The van der Waals surface area contributed by atoms with E-state index >= 15 is 0 Å². The lowest BCUT2D eigenvalue weighted by Gasteiger charge is -2.27. The molecule has 0 radical (unpaired) electrons. The highest BCUT2D eigenvalue weighted by molar-refractivity contribution is 6.31. The lowest BCUT2D eigenvalue weighted by Crippen LogP contribution is -2.29. The summed E-state index contributed by atoms with van der Waals surface area (Å²) in [5.41, 5.74) is 0.338. The molecule has 1 unspecified atom stereocenters. The Bertz CT molecular complexity index is 1570. The fourth-order valence-corrected chi connectivity index (χ4v) is 4.70. The molecule has 2 heterocycles. The Hall–Kier alpha value is -3.58. The van der Waals surface area contributed by atoms with Crippen LogP contribution in [0.2, 0.25) is 5.02 Å². The van der Waals surface area contributed by atoms with Crippen molar-refractivity contribution >= 4 is 34.2 Å². The standard InChI is InChI=1S/C28H21ClF3NO3/c1-27(2,3)16-9-7-15(8-10-16)23-22-24(34)20-14-18(29)11-12-21(20)36-25(22)26(35)33(23)19-6-4-5-17(13-19)28(30,31)32/h4-14,23H,1-3H3. The fraction of sp³-hybridized carbons (Fsp3) is 0.214. The van der Waals surface area contributed by atoms with E-state index in [1.807, 2.05) is 12.1 Å². The Kier molecular flexibility index (Phi) is 5.52. The molecule has 1 aromatic heterocycles. The molecule has 0 spiro atoms. The van der Waals surface area contributed by atoms with Gasteiger partial charge in [-0.25, -0.2) is 0 Å². The van der Waals surface area contributed by atoms with Crippen molar-refractivity contribution < 1.29 is 22.4 Å². The number of anilines is 1. The van der Waals surface area contributed by atoms with Crippen molar-refractivity contribution in [2.45, 2.75) is 38.4 Å². The van der Waals surface area contributed by atoms with Crippen LogP contribution in [0, 0.1) is 0 Å². The predicted octanol–water partition coefficient (Wildman–Crippen LogP) is 7.51. The summed E-state index contributed by atoms with van der Waals surface area (Å²) in [6.45, 7) is 6.15. The smallest absolute Gasteiger partial charge is 0.416 e. The van der Waals surface area contributed by atoms with Gasteiger partial charge in [-0.05, 0) is 52.9 Å². The molecule has 0 saturated heterocycles. The van der Waals surface area contributed by atoms with Gasteiger partial charge in [0, 0.05) is 10.7 Å². The van der Waals surface area contributed by atoms with E-state index in [4.69, 9.17) is 16.0 Å². The minimum absolute atomic E-state index is 0.00705. The summed E-state index contributed by atoms with van der Waals surface area (Å²) in [6.07, 6.45) is -4.60. The Morgan fingerprint density at radius 3 is 2.22 bits per heavy atom. The number of carbonyl (C=O) groups excluding carboxylic acids is 1. The monoisotopic (exact) mass is 511 g/mol. The molecule has 36 heavy (non-hydrogen) atoms. The highest BCUT2D eigenvalue weighted by atomic mass is 35.5. The van der Waals surface area contributed by atoms with E-state index in [1.54, 1.807) is 12.1 Å². The Morgan fingerprint density at radius 1 is 0.889 bits per heavy atom. The number of fused-ring (bicyclic) bond motifs is 2. The molecule has 0 saturated carbocycles. The second kappa shape index (κ2) is 8.23. The molecule has 1 aliphatic heterocycles. The Balaban J connectivity index is 1.77. The second-order valence-electron chi connectivity index (χ2n) is 9.81. The summed E-state index contributed by atoms with van der Waals surface area (Å²) in [5.74, 6) is -0.889. The van der Waals surface area contributed by atoms with Crippen molar-refractivity contribution in [3.63, 3.8) is 0 Å². The van der Waals surface area contributed by atoms with Gasteiger partial charge in [0.25, 0.3) is 5.91 Å². The Labute approximate surface area is 209 Å². The second-order valence-corrected chi connectivity index (χ2v) is 10.2. The largest absolute Gasteiger partial charge is 0.450 e. The van der Waals surface area contributed by atoms with Gasteiger partial charge in [0.05, 0.1) is 22.6 Å². The molecular formula is C28H21ClF3NO3. The van der Waals surface area contributed by atoms with E-state index < -0.39 is 29.1 Å². The van der Waals surface area contributed by atoms with E-state index in [9.17, 15) is 22.8 Å². The van der Waals surface area contributed by atoms with Gasteiger partial charge >= 0.3 is 6.18 Å². The molecule has 3 aromatic carbocycles. The third-order valence-electron chi connectivity index (χ3n) is 6.38. The molecule has 8 heteroatoms. The molecule has 1 atom stereocenters. The lowest BCUT2D eigenvalue weighted by molar-refractivity contribution is -0.137. The van der Waals surface area contributed by atoms with Crippen molar-refractivity contribution in [2.75, 3.05) is 4.90 Å². The molecular weight excluding hydrogens is 491 g/mol. The van der Waals surface area contributed by atoms with Gasteiger partial charge in [-0.2, -0.15) is 13.2 Å². The van der Waals surface area contributed by atoms with Crippen LogP contribution < -0.4 is 10.3 Å². The zero-order valence-electron chi connectivity index (χ0n) is 19.6. The molecule has 1 aliphatic rings. The number of nitrogens with zero attached hydrogens (tertiary/aromatic N) is 1. The first kappa shape index (κ1) is 24.1. The van der Waals surface area contributed by atoms with Crippen LogP contribution in [-0.2, 0) is 11.6 Å². The lowest BCUT2D eigenvalue weighted by atomic mass is 9.86. The van der Waals surface area contributed by atoms with Crippen molar-refractivity contribution in [3.8, 4) is 0 Å². The maximum atomic E-state index is 13.7. The zero-order chi connectivity index (χ0) is 26.0. The summed E-state index contributed by atoms with van der Waals surface area (Å²) in [4.78, 5) is 28.5. The third kappa shape index (κ3) is 3.97. The molecule has 184 valence electrons. The van der Waals surface area contributed by atoms with E-state index in [-0.39, 0.29) is 33.4 Å². The first-order valence-electron chi connectivity index (χ1n) is 11.2. The Morgan fingerprint density at radius 2 is 1.58 bits per heavy atom. The molecule has 0 aliphatic carbocycles. The van der Waals surface area contributed by atoms with E-state index in [0.29, 0.717) is 10.6 Å². The normalized spacial score (nSPS) is 16.0. The minimum atomic E-state index is -4.60. The number of hydrogen-bond donors (Lipinski definition) is 0. The van der Waals surface area contributed by atoms with Crippen LogP contribution >= 0.6 is 11.6 Å². The van der Waals surface area contributed by atoms with Crippen LogP contribution in [0.15, 0.2) is 75.9 Å². The number of amides is 1.